The number of fused-ring (bicyclic) bond motifs is 3. The van der Waals surface area contributed by atoms with Gasteiger partial charge in [0.1, 0.15) is 5.82 Å². The number of methoxy groups -OCH3 is 1. The molecule has 9 heteroatoms. The maximum absolute atomic E-state index is 14.5. The predicted molar refractivity (Wildman–Crippen MR) is 137 cm³/mol. The molecule has 37 heavy (non-hydrogen) atoms. The number of amides is 2. The summed E-state index contributed by atoms with van der Waals surface area (Å²) in [5.41, 5.74) is 2.85. The summed E-state index contributed by atoms with van der Waals surface area (Å²) in [4.78, 5) is 32.2. The first-order chi connectivity index (χ1) is 17.8. The van der Waals surface area contributed by atoms with Gasteiger partial charge < -0.3 is 19.4 Å². The molecule has 3 aliphatic heterocycles. The number of hydrogen-bond donors (Lipinski definition) is 0. The molecule has 2 saturated heterocycles. The Hall–Kier alpha value is -2.94. The lowest BCUT2D eigenvalue weighted by atomic mass is 9.74. The highest BCUT2D eigenvalue weighted by Crippen LogP contribution is 2.49. The highest BCUT2D eigenvalue weighted by Gasteiger charge is 2.50. The van der Waals surface area contributed by atoms with E-state index in [1.807, 2.05) is 29.8 Å². The van der Waals surface area contributed by atoms with Crippen molar-refractivity contribution in [2.75, 3.05) is 38.2 Å². The van der Waals surface area contributed by atoms with E-state index in [2.05, 4.69) is 10.00 Å². The van der Waals surface area contributed by atoms with E-state index >= 15 is 0 Å². The maximum atomic E-state index is 14.5. The zero-order valence-electron chi connectivity index (χ0n) is 22.0. The number of carbonyl (C=O) groups excluding carboxylic acids is 2. The Morgan fingerprint density at radius 3 is 2.62 bits per heavy atom. The molecule has 1 aromatic heterocycles. The van der Waals surface area contributed by atoms with Gasteiger partial charge in [-0.3, -0.25) is 9.48 Å². The fourth-order valence-corrected chi connectivity index (χ4v) is 7.47. The second-order valence-electron chi connectivity index (χ2n) is 11.4. The predicted octanol–water partition coefficient (Wildman–Crippen LogP) is 3.87. The fraction of sp³-hybridized carbons (Fsp3) is 0.607. The van der Waals surface area contributed by atoms with Crippen molar-refractivity contribution in [3.63, 3.8) is 0 Å². The number of likely N-dealkylation sites (tertiary alicyclic amines) is 2. The minimum Gasteiger partial charge on any atom is -0.453 e. The number of carbonyl (C=O) groups is 2. The van der Waals surface area contributed by atoms with E-state index in [-0.39, 0.29) is 29.3 Å². The van der Waals surface area contributed by atoms with Gasteiger partial charge in [0, 0.05) is 49.0 Å². The van der Waals surface area contributed by atoms with Crippen molar-refractivity contribution in [3.8, 4) is 0 Å². The van der Waals surface area contributed by atoms with Gasteiger partial charge in [0.05, 0.1) is 7.11 Å². The highest BCUT2D eigenvalue weighted by molar-refractivity contribution is 6.06. The molecule has 6 rings (SSSR count). The van der Waals surface area contributed by atoms with Crippen molar-refractivity contribution in [2.45, 2.75) is 62.9 Å². The van der Waals surface area contributed by atoms with Crippen molar-refractivity contribution >= 4 is 17.7 Å². The van der Waals surface area contributed by atoms with Gasteiger partial charge in [-0.25, -0.2) is 9.18 Å². The third-order valence-corrected chi connectivity index (χ3v) is 9.55. The summed E-state index contributed by atoms with van der Waals surface area (Å²) in [5, 5.41) is 4.41. The van der Waals surface area contributed by atoms with Gasteiger partial charge >= 0.3 is 6.09 Å². The quantitative estimate of drug-likeness (QED) is 0.615. The molecule has 3 atom stereocenters. The summed E-state index contributed by atoms with van der Waals surface area (Å²) in [6.07, 6.45) is 5.85. The van der Waals surface area contributed by atoms with Crippen LogP contribution in [0, 0.1) is 18.7 Å². The Morgan fingerprint density at radius 2 is 1.92 bits per heavy atom. The minimum atomic E-state index is -0.258. The maximum Gasteiger partial charge on any atom is 0.409 e. The topological polar surface area (TPSA) is 70.9 Å². The number of rotatable bonds is 2. The Labute approximate surface area is 217 Å². The number of anilines is 1. The molecule has 0 N–H and O–H groups in total. The lowest BCUT2D eigenvalue weighted by Gasteiger charge is -2.42. The Kier molecular flexibility index (Phi) is 6.01. The molecule has 3 fully saturated rings. The highest BCUT2D eigenvalue weighted by atomic mass is 19.1. The van der Waals surface area contributed by atoms with Crippen LogP contribution in [-0.4, -0.2) is 77.0 Å². The van der Waals surface area contributed by atoms with Crippen LogP contribution in [0.2, 0.25) is 0 Å². The van der Waals surface area contributed by atoms with Crippen LogP contribution in [0.4, 0.5) is 14.9 Å². The number of piperidine rings is 2. The van der Waals surface area contributed by atoms with Crippen LogP contribution in [0.5, 0.6) is 0 Å². The van der Waals surface area contributed by atoms with Crippen LogP contribution in [0.1, 0.15) is 60.3 Å². The van der Waals surface area contributed by atoms with E-state index in [0.29, 0.717) is 24.2 Å². The van der Waals surface area contributed by atoms with Crippen LogP contribution in [0.25, 0.3) is 0 Å². The Balaban J connectivity index is 1.20. The smallest absolute Gasteiger partial charge is 0.409 e. The molecular formula is C28H36FN5O3. The van der Waals surface area contributed by atoms with Gasteiger partial charge in [-0.2, -0.15) is 5.10 Å². The molecule has 2 amide bonds. The van der Waals surface area contributed by atoms with Crippen LogP contribution < -0.4 is 4.90 Å². The number of benzene rings is 1. The largest absolute Gasteiger partial charge is 0.453 e. The van der Waals surface area contributed by atoms with Crippen LogP contribution >= 0.6 is 0 Å². The normalized spacial score (nSPS) is 26.9. The third-order valence-electron chi connectivity index (χ3n) is 9.55. The summed E-state index contributed by atoms with van der Waals surface area (Å²) in [6.45, 7) is 5.08. The summed E-state index contributed by atoms with van der Waals surface area (Å²) in [7, 11) is 3.30. The molecule has 198 valence electrons. The second-order valence-corrected chi connectivity index (χ2v) is 11.4. The average molecular weight is 510 g/mol. The van der Waals surface area contributed by atoms with Gasteiger partial charge in [0.2, 0.25) is 0 Å². The van der Waals surface area contributed by atoms with Crippen molar-refractivity contribution in [1.82, 2.24) is 19.6 Å². The van der Waals surface area contributed by atoms with Crippen LogP contribution in [0.3, 0.4) is 0 Å². The van der Waals surface area contributed by atoms with Gasteiger partial charge in [-0.15, -0.1) is 0 Å². The molecule has 4 aliphatic rings. The minimum absolute atomic E-state index is 0.126. The monoisotopic (exact) mass is 509 g/mol. The van der Waals surface area contributed by atoms with E-state index in [1.54, 1.807) is 16.8 Å². The molecule has 0 radical (unpaired) electrons. The molecular weight excluding hydrogens is 473 g/mol. The van der Waals surface area contributed by atoms with Crippen molar-refractivity contribution in [3.05, 3.63) is 47.0 Å². The molecule has 2 aromatic rings. The standard InChI is InChI=1S/C28H36FN5O3/c1-18-13-23(30-31(18)2)26(35)34-17-28(22-15-20(29)6-7-24(22)34)8-11-32(12-9-28)21-14-19-5-4-10-33(25(19)16-21)27(36)37-3/h6-7,13,15,19,21,25H,4-5,8-12,14,16-17H2,1-3H3. The number of aryl methyl sites for hydroxylation is 2. The summed E-state index contributed by atoms with van der Waals surface area (Å²) >= 11 is 0. The molecule has 4 heterocycles. The van der Waals surface area contributed by atoms with E-state index in [9.17, 15) is 14.0 Å². The van der Waals surface area contributed by atoms with Crippen LogP contribution in [0.15, 0.2) is 24.3 Å². The first-order valence-electron chi connectivity index (χ1n) is 13.5. The van der Waals surface area contributed by atoms with Crippen molar-refractivity contribution in [2.24, 2.45) is 13.0 Å². The number of ether oxygens (including phenoxy) is 1. The average Bonchev–Trinajstić information content (AvgIpc) is 3.58. The zero-order valence-corrected chi connectivity index (χ0v) is 22.0. The summed E-state index contributed by atoms with van der Waals surface area (Å²) in [5.74, 6) is 0.148. The first-order valence-corrected chi connectivity index (χ1v) is 13.5. The van der Waals surface area contributed by atoms with E-state index < -0.39 is 0 Å². The number of halogens is 1. The second kappa shape index (κ2) is 9.11. The molecule has 8 nitrogen and oxygen atoms in total. The molecule has 1 aromatic carbocycles. The van der Waals surface area contributed by atoms with Gasteiger partial charge in [0.25, 0.3) is 5.91 Å². The molecule has 3 unspecified atom stereocenters. The number of hydrogen-bond acceptors (Lipinski definition) is 5. The number of aromatic nitrogens is 2. The van der Waals surface area contributed by atoms with E-state index in [0.717, 1.165) is 68.7 Å². The van der Waals surface area contributed by atoms with Crippen molar-refractivity contribution in [1.29, 1.82) is 0 Å². The first kappa shape index (κ1) is 24.4. The Morgan fingerprint density at radius 1 is 1.14 bits per heavy atom. The lowest BCUT2D eigenvalue weighted by Crippen LogP contribution is -2.49. The zero-order chi connectivity index (χ0) is 25.9. The number of nitrogens with zero attached hydrogens (tertiary/aromatic N) is 5. The SMILES string of the molecule is COC(=O)N1CCCC2CC(N3CCC4(CC3)CN(C(=O)c3cc(C)n(C)n3)c3ccc(F)cc34)CC21. The van der Waals surface area contributed by atoms with Crippen molar-refractivity contribution < 1.29 is 18.7 Å². The molecule has 1 aliphatic carbocycles. The van der Waals surface area contributed by atoms with E-state index in [1.165, 1.54) is 19.6 Å². The third kappa shape index (κ3) is 4.02. The fourth-order valence-electron chi connectivity index (χ4n) is 7.47. The van der Waals surface area contributed by atoms with Gasteiger partial charge in [-0.05, 0) is 94.3 Å². The molecule has 1 saturated carbocycles. The summed E-state index contributed by atoms with van der Waals surface area (Å²) < 4.78 is 21.2. The summed E-state index contributed by atoms with van der Waals surface area (Å²) in [6, 6.07) is 7.36. The lowest BCUT2D eigenvalue weighted by molar-refractivity contribution is 0.0739. The van der Waals surface area contributed by atoms with Gasteiger partial charge in [0.15, 0.2) is 5.69 Å². The Bertz CT molecular complexity index is 1200. The molecule has 1 spiro atoms. The molecule has 0 bridgehead atoms. The van der Waals surface area contributed by atoms with Crippen LogP contribution in [-0.2, 0) is 17.2 Å². The van der Waals surface area contributed by atoms with Gasteiger partial charge in [-0.1, -0.05) is 0 Å². The van der Waals surface area contributed by atoms with E-state index in [4.69, 9.17) is 4.74 Å².